The van der Waals surface area contributed by atoms with Crippen LogP contribution in [0.1, 0.15) is 33.5 Å². The lowest BCUT2D eigenvalue weighted by molar-refractivity contribution is -0.0248. The first-order valence-corrected chi connectivity index (χ1v) is 10.8. The molecule has 0 bridgehead atoms. The van der Waals surface area contributed by atoms with Crippen molar-refractivity contribution < 1.29 is 18.7 Å². The minimum Gasteiger partial charge on any atom is -0.493 e. The van der Waals surface area contributed by atoms with Crippen LogP contribution >= 0.6 is 0 Å². The number of hydrogen-bond donors (Lipinski definition) is 2. The number of amides is 1. The van der Waals surface area contributed by atoms with E-state index in [2.05, 4.69) is 20.4 Å². The van der Waals surface area contributed by atoms with Gasteiger partial charge in [-0.05, 0) is 37.3 Å². The van der Waals surface area contributed by atoms with Gasteiger partial charge in [0.25, 0.3) is 5.91 Å². The molecule has 2 N–H and O–H groups in total. The molecule has 1 saturated heterocycles. The molecule has 33 heavy (non-hydrogen) atoms. The summed E-state index contributed by atoms with van der Waals surface area (Å²) in [7, 11) is 0. The van der Waals surface area contributed by atoms with Gasteiger partial charge in [0.15, 0.2) is 5.69 Å². The van der Waals surface area contributed by atoms with Gasteiger partial charge in [-0.15, -0.1) is 0 Å². The van der Waals surface area contributed by atoms with E-state index in [1.54, 1.807) is 17.0 Å². The largest absolute Gasteiger partial charge is 0.493 e. The van der Waals surface area contributed by atoms with Crippen molar-refractivity contribution in [1.29, 1.82) is 0 Å². The first-order chi connectivity index (χ1) is 16.1. The zero-order chi connectivity index (χ0) is 22.8. The highest BCUT2D eigenvalue weighted by molar-refractivity contribution is 6.04. The lowest BCUT2D eigenvalue weighted by Gasteiger charge is -2.31. The van der Waals surface area contributed by atoms with Gasteiger partial charge in [0, 0.05) is 30.1 Å². The number of benzene rings is 2. The molecule has 170 valence electrons. The summed E-state index contributed by atoms with van der Waals surface area (Å²) in [5.74, 6) is 0.0304. The molecule has 5 rings (SSSR count). The normalized spacial score (nSPS) is 16.3. The standard InChI is InChI=1S/C24H24FN5O3/c1-15-5-6-20-19(11-15)23(29-27-20)24(31)30-8-10-33-22(14-30)21-13-17(26-28-21)7-9-32-18-4-2-3-16(25)12-18/h2-6,11-13,22H,7-10,14H2,1H3,(H,26,28)(H,27,29)/t22-/m1/s1. The number of nitrogens with zero attached hydrogens (tertiary/aromatic N) is 3. The predicted molar refractivity (Wildman–Crippen MR) is 120 cm³/mol. The summed E-state index contributed by atoms with van der Waals surface area (Å²) >= 11 is 0. The Morgan fingerprint density at radius 2 is 2.12 bits per heavy atom. The molecule has 3 heterocycles. The van der Waals surface area contributed by atoms with Crippen LogP contribution in [-0.4, -0.2) is 57.5 Å². The van der Waals surface area contributed by atoms with Crippen molar-refractivity contribution in [1.82, 2.24) is 25.3 Å². The Balaban J connectivity index is 1.22. The SMILES string of the molecule is Cc1ccc2[nH]nc(C(=O)N3CCO[C@@H](c4cc(CCOc5cccc(F)c5)[nH]n4)C3)c2c1. The van der Waals surface area contributed by atoms with Crippen LogP contribution in [0.3, 0.4) is 0 Å². The number of nitrogens with one attached hydrogen (secondary N) is 2. The Kier molecular flexibility index (Phi) is 5.78. The maximum absolute atomic E-state index is 13.3. The number of morpholine rings is 1. The minimum absolute atomic E-state index is 0.126. The van der Waals surface area contributed by atoms with Crippen LogP contribution in [0.5, 0.6) is 5.75 Å². The van der Waals surface area contributed by atoms with Crippen LogP contribution in [-0.2, 0) is 11.2 Å². The number of fused-ring (bicyclic) bond motifs is 1. The molecule has 1 aliphatic rings. The van der Waals surface area contributed by atoms with E-state index in [0.29, 0.717) is 44.2 Å². The van der Waals surface area contributed by atoms with E-state index in [1.165, 1.54) is 12.1 Å². The summed E-state index contributed by atoms with van der Waals surface area (Å²) in [5.41, 5.74) is 3.94. The molecule has 1 atom stereocenters. The van der Waals surface area contributed by atoms with Gasteiger partial charge in [-0.1, -0.05) is 17.7 Å². The fourth-order valence-corrected chi connectivity index (χ4v) is 3.96. The molecule has 9 heteroatoms. The van der Waals surface area contributed by atoms with Gasteiger partial charge >= 0.3 is 0 Å². The predicted octanol–water partition coefficient (Wildman–Crippen LogP) is 3.57. The van der Waals surface area contributed by atoms with Crippen molar-refractivity contribution >= 4 is 16.8 Å². The molecule has 2 aromatic carbocycles. The van der Waals surface area contributed by atoms with Gasteiger partial charge in [0.05, 0.1) is 31.0 Å². The lowest BCUT2D eigenvalue weighted by Crippen LogP contribution is -2.42. The Morgan fingerprint density at radius 3 is 3.00 bits per heavy atom. The van der Waals surface area contributed by atoms with Gasteiger partial charge in [-0.2, -0.15) is 10.2 Å². The summed E-state index contributed by atoms with van der Waals surface area (Å²) in [5, 5.41) is 15.4. The van der Waals surface area contributed by atoms with Crippen molar-refractivity contribution in [2.24, 2.45) is 0 Å². The lowest BCUT2D eigenvalue weighted by atomic mass is 10.1. The van der Waals surface area contributed by atoms with E-state index in [4.69, 9.17) is 9.47 Å². The number of rotatable bonds is 6. The third-order valence-corrected chi connectivity index (χ3v) is 5.69. The van der Waals surface area contributed by atoms with Crippen molar-refractivity contribution in [3.05, 3.63) is 77.0 Å². The van der Waals surface area contributed by atoms with Gasteiger partial charge in [-0.25, -0.2) is 4.39 Å². The highest BCUT2D eigenvalue weighted by Crippen LogP contribution is 2.25. The first kappa shape index (κ1) is 21.1. The Labute approximate surface area is 189 Å². The summed E-state index contributed by atoms with van der Waals surface area (Å²) < 4.78 is 24.7. The molecule has 0 saturated carbocycles. The second kappa shape index (κ2) is 9.03. The van der Waals surface area contributed by atoms with Crippen LogP contribution in [0, 0.1) is 12.7 Å². The van der Waals surface area contributed by atoms with Crippen LogP contribution in [0.2, 0.25) is 0 Å². The van der Waals surface area contributed by atoms with Crippen LogP contribution in [0.4, 0.5) is 4.39 Å². The Hall–Kier alpha value is -3.72. The van der Waals surface area contributed by atoms with Gasteiger partial charge < -0.3 is 14.4 Å². The van der Waals surface area contributed by atoms with Gasteiger partial charge in [0.2, 0.25) is 0 Å². The maximum Gasteiger partial charge on any atom is 0.275 e. The molecule has 8 nitrogen and oxygen atoms in total. The quantitative estimate of drug-likeness (QED) is 0.469. The molecule has 0 spiro atoms. The Bertz CT molecular complexity index is 1280. The highest BCUT2D eigenvalue weighted by Gasteiger charge is 2.29. The number of carbonyl (C=O) groups excluding carboxylic acids is 1. The number of carbonyl (C=O) groups is 1. The molecule has 4 aromatic rings. The fraction of sp³-hybridized carbons (Fsp3) is 0.292. The minimum atomic E-state index is -0.331. The van der Waals surface area contributed by atoms with E-state index in [1.807, 2.05) is 31.2 Å². The van der Waals surface area contributed by atoms with Crippen LogP contribution < -0.4 is 4.74 Å². The second-order valence-corrected chi connectivity index (χ2v) is 8.11. The molecule has 0 aliphatic carbocycles. The average Bonchev–Trinajstić information content (AvgIpc) is 3.46. The number of aryl methyl sites for hydroxylation is 1. The topological polar surface area (TPSA) is 96.1 Å². The van der Waals surface area contributed by atoms with Crippen LogP contribution in [0.15, 0.2) is 48.5 Å². The second-order valence-electron chi connectivity index (χ2n) is 8.11. The number of halogens is 1. The smallest absolute Gasteiger partial charge is 0.275 e. The third-order valence-electron chi connectivity index (χ3n) is 5.69. The molecule has 0 unspecified atom stereocenters. The monoisotopic (exact) mass is 449 g/mol. The van der Waals surface area contributed by atoms with Crippen molar-refractivity contribution in [2.75, 3.05) is 26.3 Å². The number of aromatic amines is 2. The number of ether oxygens (including phenoxy) is 2. The van der Waals surface area contributed by atoms with Crippen molar-refractivity contribution in [3.63, 3.8) is 0 Å². The molecular weight excluding hydrogens is 425 g/mol. The number of aromatic nitrogens is 4. The van der Waals surface area contributed by atoms with Gasteiger partial charge in [-0.3, -0.25) is 15.0 Å². The average molecular weight is 449 g/mol. The summed E-state index contributed by atoms with van der Waals surface area (Å²) in [4.78, 5) is 14.9. The fourth-order valence-electron chi connectivity index (χ4n) is 3.96. The molecule has 0 radical (unpaired) electrons. The molecule has 1 aliphatic heterocycles. The zero-order valence-electron chi connectivity index (χ0n) is 18.2. The van der Waals surface area contributed by atoms with E-state index in [0.717, 1.165) is 27.9 Å². The van der Waals surface area contributed by atoms with Crippen molar-refractivity contribution in [3.8, 4) is 5.75 Å². The van der Waals surface area contributed by atoms with Gasteiger partial charge in [0.1, 0.15) is 17.7 Å². The van der Waals surface area contributed by atoms with Crippen LogP contribution in [0.25, 0.3) is 10.9 Å². The summed E-state index contributed by atoms with van der Waals surface area (Å²) in [6.07, 6.45) is 0.251. The molecule has 2 aromatic heterocycles. The Morgan fingerprint density at radius 1 is 1.21 bits per heavy atom. The third kappa shape index (κ3) is 4.58. The van der Waals surface area contributed by atoms with E-state index in [9.17, 15) is 9.18 Å². The summed E-state index contributed by atoms with van der Waals surface area (Å²) in [6, 6.07) is 13.9. The first-order valence-electron chi connectivity index (χ1n) is 10.8. The van der Waals surface area contributed by atoms with Crippen molar-refractivity contribution in [2.45, 2.75) is 19.4 Å². The van der Waals surface area contributed by atoms with E-state index in [-0.39, 0.29) is 17.8 Å². The zero-order valence-corrected chi connectivity index (χ0v) is 18.2. The molecule has 1 fully saturated rings. The maximum atomic E-state index is 13.3. The summed E-state index contributed by atoms with van der Waals surface area (Å²) in [6.45, 7) is 3.68. The number of hydrogen-bond acceptors (Lipinski definition) is 5. The number of H-pyrrole nitrogens is 2. The van der Waals surface area contributed by atoms with E-state index < -0.39 is 0 Å². The highest BCUT2D eigenvalue weighted by atomic mass is 19.1. The van der Waals surface area contributed by atoms with E-state index >= 15 is 0 Å². The molecule has 1 amide bonds. The molecular formula is C24H24FN5O3.